The number of rotatable bonds is 0. The molecule has 1 aliphatic carbocycles. The molecule has 1 nitrogen and oxygen atoms in total. The maximum Gasteiger partial charge on any atom is 0.125 e. The van der Waals surface area contributed by atoms with Gasteiger partial charge in [0.05, 0.1) is 5.52 Å². The minimum absolute atomic E-state index is 0.223. The first kappa shape index (κ1) is 9.52. The zero-order valence-electron chi connectivity index (χ0n) is 9.13. The van der Waals surface area contributed by atoms with Crippen molar-refractivity contribution in [2.75, 3.05) is 0 Å². The summed E-state index contributed by atoms with van der Waals surface area (Å²) in [6.45, 7) is 2.00. The van der Waals surface area contributed by atoms with Gasteiger partial charge in [-0.05, 0) is 43.0 Å². The van der Waals surface area contributed by atoms with Crippen molar-refractivity contribution in [1.29, 1.82) is 0 Å². The van der Waals surface area contributed by atoms with Crippen LogP contribution in [-0.2, 0) is 6.42 Å². The van der Waals surface area contributed by atoms with E-state index in [1.165, 1.54) is 23.3 Å². The van der Waals surface area contributed by atoms with Crippen LogP contribution < -0.4 is 0 Å². The van der Waals surface area contributed by atoms with E-state index in [1.54, 1.807) is 0 Å². The molecule has 0 atom stereocenters. The van der Waals surface area contributed by atoms with Gasteiger partial charge in [-0.15, -0.1) is 0 Å². The van der Waals surface area contributed by atoms with E-state index in [0.717, 1.165) is 29.4 Å². The van der Waals surface area contributed by atoms with Gasteiger partial charge in [-0.2, -0.15) is 0 Å². The van der Waals surface area contributed by atoms with Crippen LogP contribution >= 0.6 is 0 Å². The molecule has 0 bridgehead atoms. The summed E-state index contributed by atoms with van der Waals surface area (Å²) in [5.41, 5.74) is 4.30. The molecule has 2 heteroatoms. The van der Waals surface area contributed by atoms with Crippen LogP contribution in [0.25, 0.3) is 17.0 Å². The highest BCUT2D eigenvalue weighted by Gasteiger charge is 2.12. The maximum atomic E-state index is 13.1. The third-order valence-electron chi connectivity index (χ3n) is 3.15. The highest BCUT2D eigenvalue weighted by atomic mass is 19.1. The molecule has 80 valence electrons. The molecule has 16 heavy (non-hydrogen) atoms. The van der Waals surface area contributed by atoms with E-state index in [4.69, 9.17) is 0 Å². The summed E-state index contributed by atoms with van der Waals surface area (Å²) >= 11 is 0. The molecule has 1 aromatic carbocycles. The summed E-state index contributed by atoms with van der Waals surface area (Å²) < 4.78 is 13.1. The van der Waals surface area contributed by atoms with Crippen molar-refractivity contribution >= 4 is 17.0 Å². The summed E-state index contributed by atoms with van der Waals surface area (Å²) in [5.74, 6) is -0.223. The molecule has 1 aromatic heterocycles. The second-order valence-electron chi connectivity index (χ2n) is 4.19. The number of nitrogens with zero attached hydrogens (tertiary/aromatic N) is 1. The zero-order valence-corrected chi connectivity index (χ0v) is 9.13. The maximum absolute atomic E-state index is 13.1. The van der Waals surface area contributed by atoms with Crippen LogP contribution in [0.2, 0.25) is 0 Å². The van der Waals surface area contributed by atoms with Crippen molar-refractivity contribution in [3.05, 3.63) is 46.9 Å². The Bertz CT molecular complexity index is 599. The summed E-state index contributed by atoms with van der Waals surface area (Å²) in [4.78, 5) is 4.48. The summed E-state index contributed by atoms with van der Waals surface area (Å²) in [7, 11) is 0. The standard InChI is InChI=1S/C14H12FN/c1-9-11-4-2-3-5-12(11)13-7-6-10(15)8-14(13)16-9/h3,5-8H,2,4H2,1H3. The number of fused-ring (bicyclic) bond motifs is 3. The molecule has 0 saturated carbocycles. The van der Waals surface area contributed by atoms with Gasteiger partial charge < -0.3 is 0 Å². The van der Waals surface area contributed by atoms with Gasteiger partial charge in [0.15, 0.2) is 0 Å². The topological polar surface area (TPSA) is 12.9 Å². The normalized spacial score (nSPS) is 14.1. The highest BCUT2D eigenvalue weighted by Crippen LogP contribution is 2.29. The Labute approximate surface area is 93.6 Å². The lowest BCUT2D eigenvalue weighted by Gasteiger charge is -2.15. The van der Waals surface area contributed by atoms with Crippen LogP contribution in [-0.4, -0.2) is 4.98 Å². The molecule has 0 N–H and O–H groups in total. The third-order valence-corrected chi connectivity index (χ3v) is 3.15. The summed E-state index contributed by atoms with van der Waals surface area (Å²) in [6.07, 6.45) is 6.42. The number of hydrogen-bond donors (Lipinski definition) is 0. The van der Waals surface area contributed by atoms with Crippen LogP contribution in [0.4, 0.5) is 4.39 Å². The number of aryl methyl sites for hydroxylation is 1. The Morgan fingerprint density at radius 3 is 3.06 bits per heavy atom. The second kappa shape index (κ2) is 3.41. The molecule has 0 unspecified atom stereocenters. The fourth-order valence-electron chi connectivity index (χ4n) is 2.37. The minimum atomic E-state index is -0.223. The number of hydrogen-bond acceptors (Lipinski definition) is 1. The van der Waals surface area contributed by atoms with Crippen molar-refractivity contribution in [1.82, 2.24) is 4.98 Å². The Morgan fingerprint density at radius 1 is 1.31 bits per heavy atom. The number of allylic oxidation sites excluding steroid dienone is 1. The van der Waals surface area contributed by atoms with E-state index >= 15 is 0 Å². The van der Waals surface area contributed by atoms with E-state index in [0.29, 0.717) is 0 Å². The van der Waals surface area contributed by atoms with Crippen LogP contribution in [0, 0.1) is 12.7 Å². The molecule has 2 aromatic rings. The predicted molar refractivity (Wildman–Crippen MR) is 63.8 cm³/mol. The Kier molecular flexibility index (Phi) is 2.03. The Hall–Kier alpha value is -1.70. The summed E-state index contributed by atoms with van der Waals surface area (Å²) in [6, 6.07) is 4.83. The van der Waals surface area contributed by atoms with Gasteiger partial charge in [0, 0.05) is 17.1 Å². The van der Waals surface area contributed by atoms with E-state index in [9.17, 15) is 4.39 Å². The average molecular weight is 213 g/mol. The molecule has 1 aliphatic rings. The Morgan fingerprint density at radius 2 is 2.19 bits per heavy atom. The van der Waals surface area contributed by atoms with Crippen molar-refractivity contribution in [2.24, 2.45) is 0 Å². The number of aromatic nitrogens is 1. The van der Waals surface area contributed by atoms with Crippen LogP contribution in [0.3, 0.4) is 0 Å². The number of benzene rings is 1. The number of halogens is 1. The van der Waals surface area contributed by atoms with E-state index in [-0.39, 0.29) is 5.82 Å². The molecule has 1 heterocycles. The van der Waals surface area contributed by atoms with E-state index in [2.05, 4.69) is 17.1 Å². The lowest BCUT2D eigenvalue weighted by atomic mass is 9.93. The van der Waals surface area contributed by atoms with Crippen molar-refractivity contribution in [3.63, 3.8) is 0 Å². The Balaban J connectivity index is 2.43. The van der Waals surface area contributed by atoms with Gasteiger partial charge in [0.25, 0.3) is 0 Å². The first-order valence-corrected chi connectivity index (χ1v) is 5.51. The lowest BCUT2D eigenvalue weighted by molar-refractivity contribution is 0.629. The van der Waals surface area contributed by atoms with Gasteiger partial charge >= 0.3 is 0 Å². The first-order chi connectivity index (χ1) is 7.75. The van der Waals surface area contributed by atoms with E-state index in [1.807, 2.05) is 13.0 Å². The van der Waals surface area contributed by atoms with Crippen molar-refractivity contribution in [3.8, 4) is 0 Å². The van der Waals surface area contributed by atoms with Gasteiger partial charge in [-0.1, -0.05) is 12.2 Å². The number of pyridine rings is 1. The molecule has 0 radical (unpaired) electrons. The van der Waals surface area contributed by atoms with Gasteiger partial charge in [-0.25, -0.2) is 4.39 Å². The largest absolute Gasteiger partial charge is 0.253 e. The van der Waals surface area contributed by atoms with Gasteiger partial charge in [-0.3, -0.25) is 4.98 Å². The molecular formula is C14H12FN. The van der Waals surface area contributed by atoms with Crippen LogP contribution in [0.1, 0.15) is 23.2 Å². The molecule has 0 fully saturated rings. The molecule has 3 rings (SSSR count). The predicted octanol–water partition coefficient (Wildman–Crippen LogP) is 3.64. The molecule has 0 amide bonds. The smallest absolute Gasteiger partial charge is 0.125 e. The molecule has 0 saturated heterocycles. The van der Waals surface area contributed by atoms with E-state index < -0.39 is 0 Å². The fourth-order valence-corrected chi connectivity index (χ4v) is 2.37. The van der Waals surface area contributed by atoms with Gasteiger partial charge in [0.2, 0.25) is 0 Å². The van der Waals surface area contributed by atoms with Gasteiger partial charge in [0.1, 0.15) is 5.82 Å². The first-order valence-electron chi connectivity index (χ1n) is 5.51. The van der Waals surface area contributed by atoms with Crippen molar-refractivity contribution in [2.45, 2.75) is 19.8 Å². The summed E-state index contributed by atoms with van der Waals surface area (Å²) in [5, 5.41) is 1.05. The quantitative estimate of drug-likeness (QED) is 0.651. The fraction of sp³-hybridized carbons (Fsp3) is 0.214. The highest BCUT2D eigenvalue weighted by molar-refractivity contribution is 5.90. The molecule has 0 aliphatic heterocycles. The third kappa shape index (κ3) is 1.33. The SMILES string of the molecule is Cc1nc2cc(F)ccc2c2c1CCC=C2. The molecule has 0 spiro atoms. The lowest BCUT2D eigenvalue weighted by Crippen LogP contribution is -2.01. The van der Waals surface area contributed by atoms with Crippen molar-refractivity contribution < 1.29 is 4.39 Å². The van der Waals surface area contributed by atoms with Crippen LogP contribution in [0.5, 0.6) is 0 Å². The molecular weight excluding hydrogens is 201 g/mol. The second-order valence-corrected chi connectivity index (χ2v) is 4.19. The monoisotopic (exact) mass is 213 g/mol. The average Bonchev–Trinajstić information content (AvgIpc) is 2.29. The zero-order chi connectivity index (χ0) is 11.1. The minimum Gasteiger partial charge on any atom is -0.253 e. The van der Waals surface area contributed by atoms with Crippen LogP contribution in [0.15, 0.2) is 24.3 Å².